The third-order valence-corrected chi connectivity index (χ3v) is 6.63. The molecule has 1 aliphatic rings. The van der Waals surface area contributed by atoms with Crippen molar-refractivity contribution in [1.82, 2.24) is 19.1 Å². The van der Waals surface area contributed by atoms with E-state index in [4.69, 9.17) is 9.47 Å². The summed E-state index contributed by atoms with van der Waals surface area (Å²) < 4.78 is 15.5. The van der Waals surface area contributed by atoms with E-state index in [1.54, 1.807) is 0 Å². The zero-order valence-electron chi connectivity index (χ0n) is 18.7. The van der Waals surface area contributed by atoms with Crippen LogP contribution in [0.25, 0.3) is 22.1 Å². The Morgan fingerprint density at radius 1 is 1.12 bits per heavy atom. The van der Waals surface area contributed by atoms with Crippen LogP contribution in [0.15, 0.2) is 47.5 Å². The van der Waals surface area contributed by atoms with Crippen molar-refractivity contribution in [2.24, 2.45) is 5.92 Å². The molecule has 0 aliphatic heterocycles. The normalized spacial score (nSPS) is 18.9. The number of para-hydroxylation sites is 2. The number of hydrogen-bond donors (Lipinski definition) is 1. The van der Waals surface area contributed by atoms with Gasteiger partial charge in [-0.15, -0.1) is 0 Å². The largest absolute Gasteiger partial charge is 0.490 e. The summed E-state index contributed by atoms with van der Waals surface area (Å²) in [7, 11) is 0. The highest BCUT2D eigenvalue weighted by atomic mass is 16.5. The monoisotopic (exact) mass is 434 g/mol. The first-order valence-corrected chi connectivity index (χ1v) is 11.6. The van der Waals surface area contributed by atoms with E-state index < -0.39 is 0 Å². The number of aromatic nitrogens is 4. The van der Waals surface area contributed by atoms with Gasteiger partial charge in [0.2, 0.25) is 0 Å². The second kappa shape index (κ2) is 8.73. The summed E-state index contributed by atoms with van der Waals surface area (Å²) in [4.78, 5) is 21.5. The quantitative estimate of drug-likeness (QED) is 0.449. The van der Waals surface area contributed by atoms with Crippen LogP contribution < -0.4 is 15.2 Å². The fourth-order valence-corrected chi connectivity index (χ4v) is 5.06. The van der Waals surface area contributed by atoms with Crippen LogP contribution >= 0.6 is 0 Å². The molecule has 4 aromatic rings. The Morgan fingerprint density at radius 2 is 1.91 bits per heavy atom. The molecule has 0 unspecified atom stereocenters. The van der Waals surface area contributed by atoms with Crippen LogP contribution in [0.2, 0.25) is 0 Å². The summed E-state index contributed by atoms with van der Waals surface area (Å²) in [6.45, 7) is 5.61. The highest BCUT2D eigenvalue weighted by molar-refractivity contribution is 6.01. The van der Waals surface area contributed by atoms with Crippen molar-refractivity contribution in [1.29, 1.82) is 0 Å². The fraction of sp³-hybridized carbons (Fsp3) is 0.440. The van der Waals surface area contributed by atoms with Crippen LogP contribution in [0.3, 0.4) is 0 Å². The standard InChI is InChI=1S/C25H30N4O3/c1-3-31-21-10-6-7-11-22(21)32-15-14-28-20-16-27-24-18(12-13-26-24)23(20)29(25(28)30)19-9-5-4-8-17(19)2/h6-7,10-13,16-17,19H,3-5,8-9,14-15H2,1-2H3,(H,26,27)/t17-,19+/m1/s1. The van der Waals surface area contributed by atoms with Gasteiger partial charge in [-0.25, -0.2) is 9.78 Å². The molecule has 0 amide bonds. The second-order valence-electron chi connectivity index (χ2n) is 8.59. The van der Waals surface area contributed by atoms with Gasteiger partial charge in [-0.05, 0) is 43.9 Å². The predicted octanol–water partition coefficient (Wildman–Crippen LogP) is 4.91. The Kier molecular flexibility index (Phi) is 5.64. The molecule has 3 heterocycles. The van der Waals surface area contributed by atoms with E-state index in [2.05, 4.69) is 16.9 Å². The van der Waals surface area contributed by atoms with E-state index in [-0.39, 0.29) is 11.7 Å². The Morgan fingerprint density at radius 3 is 2.69 bits per heavy atom. The SMILES string of the molecule is CCOc1ccccc1OCCn1c(=O)n([C@H]2CCCC[C@H]2C)c2c3cc[nH]c3ncc21. The first-order valence-electron chi connectivity index (χ1n) is 11.6. The summed E-state index contributed by atoms with van der Waals surface area (Å²) in [5.74, 6) is 1.88. The van der Waals surface area contributed by atoms with Gasteiger partial charge in [-0.2, -0.15) is 0 Å². The maximum atomic E-state index is 13.7. The Labute approximate surface area is 187 Å². The van der Waals surface area contributed by atoms with E-state index in [0.29, 0.717) is 31.4 Å². The smallest absolute Gasteiger partial charge is 0.329 e. The number of aromatic amines is 1. The minimum absolute atomic E-state index is 0.0240. The molecular formula is C25H30N4O3. The molecule has 0 bridgehead atoms. The van der Waals surface area contributed by atoms with Crippen LogP contribution in [0.4, 0.5) is 0 Å². The summed E-state index contributed by atoms with van der Waals surface area (Å²) >= 11 is 0. The van der Waals surface area contributed by atoms with Crippen LogP contribution in [-0.4, -0.2) is 32.3 Å². The maximum absolute atomic E-state index is 13.7. The molecule has 2 atom stereocenters. The molecule has 1 fully saturated rings. The van der Waals surface area contributed by atoms with E-state index >= 15 is 0 Å². The average molecular weight is 435 g/mol. The van der Waals surface area contributed by atoms with E-state index in [1.165, 1.54) is 6.42 Å². The lowest BCUT2D eigenvalue weighted by atomic mass is 9.85. The van der Waals surface area contributed by atoms with Gasteiger partial charge >= 0.3 is 5.69 Å². The van der Waals surface area contributed by atoms with Crippen LogP contribution in [-0.2, 0) is 6.54 Å². The molecule has 0 saturated heterocycles. The molecular weight excluding hydrogens is 404 g/mol. The third-order valence-electron chi connectivity index (χ3n) is 6.63. The number of hydrogen-bond acceptors (Lipinski definition) is 4. The van der Waals surface area contributed by atoms with Gasteiger partial charge in [0.05, 0.1) is 30.4 Å². The lowest BCUT2D eigenvalue weighted by Gasteiger charge is -2.29. The summed E-state index contributed by atoms with van der Waals surface area (Å²) in [6.07, 6.45) is 8.29. The molecule has 1 N–H and O–H groups in total. The topological polar surface area (TPSA) is 74.1 Å². The fourth-order valence-electron chi connectivity index (χ4n) is 5.06. The molecule has 0 radical (unpaired) electrons. The van der Waals surface area contributed by atoms with Crippen molar-refractivity contribution in [2.45, 2.75) is 52.1 Å². The average Bonchev–Trinajstić information content (AvgIpc) is 3.38. The Bertz CT molecular complexity index is 1290. The molecule has 1 aliphatic carbocycles. The van der Waals surface area contributed by atoms with Crippen molar-refractivity contribution in [3.63, 3.8) is 0 Å². The maximum Gasteiger partial charge on any atom is 0.329 e. The van der Waals surface area contributed by atoms with Crippen molar-refractivity contribution in [2.75, 3.05) is 13.2 Å². The summed E-state index contributed by atoms with van der Waals surface area (Å²) in [5, 5.41) is 0.999. The number of benzene rings is 1. The zero-order chi connectivity index (χ0) is 22.1. The highest BCUT2D eigenvalue weighted by Gasteiger charge is 2.28. The molecule has 1 saturated carbocycles. The lowest BCUT2D eigenvalue weighted by Crippen LogP contribution is -2.32. The van der Waals surface area contributed by atoms with Crippen LogP contribution in [0, 0.1) is 5.92 Å². The minimum Gasteiger partial charge on any atom is -0.490 e. The number of nitrogens with one attached hydrogen (secondary N) is 1. The number of fused-ring (bicyclic) bond motifs is 3. The van der Waals surface area contributed by atoms with Gasteiger partial charge in [-0.3, -0.25) is 9.13 Å². The molecule has 7 nitrogen and oxygen atoms in total. The number of ether oxygens (including phenoxy) is 2. The summed E-state index contributed by atoms with van der Waals surface area (Å²) in [5.41, 5.74) is 2.68. The van der Waals surface area contributed by atoms with Gasteiger partial charge in [0, 0.05) is 17.6 Å². The predicted molar refractivity (Wildman–Crippen MR) is 126 cm³/mol. The first-order chi connectivity index (χ1) is 15.7. The van der Waals surface area contributed by atoms with Crippen molar-refractivity contribution in [3.8, 4) is 11.5 Å². The Hall–Kier alpha value is -3.22. The molecule has 0 spiro atoms. The molecule has 168 valence electrons. The van der Waals surface area contributed by atoms with Crippen molar-refractivity contribution in [3.05, 3.63) is 53.2 Å². The number of pyridine rings is 1. The van der Waals surface area contributed by atoms with Gasteiger partial charge in [0.1, 0.15) is 12.3 Å². The second-order valence-corrected chi connectivity index (χ2v) is 8.59. The molecule has 7 heteroatoms. The van der Waals surface area contributed by atoms with Crippen molar-refractivity contribution < 1.29 is 9.47 Å². The number of nitrogens with zero attached hydrogens (tertiary/aromatic N) is 3. The van der Waals surface area contributed by atoms with Gasteiger partial charge in [-0.1, -0.05) is 31.9 Å². The van der Waals surface area contributed by atoms with Crippen LogP contribution in [0.1, 0.15) is 45.6 Å². The molecule has 3 aromatic heterocycles. The Balaban J connectivity index is 1.52. The first kappa shape index (κ1) is 20.7. The van der Waals surface area contributed by atoms with Crippen LogP contribution in [0.5, 0.6) is 11.5 Å². The van der Waals surface area contributed by atoms with Gasteiger partial charge < -0.3 is 14.5 Å². The van der Waals surface area contributed by atoms with E-state index in [0.717, 1.165) is 47.1 Å². The van der Waals surface area contributed by atoms with E-state index in [9.17, 15) is 4.79 Å². The van der Waals surface area contributed by atoms with E-state index in [1.807, 2.05) is 58.8 Å². The highest BCUT2D eigenvalue weighted by Crippen LogP contribution is 2.36. The zero-order valence-corrected chi connectivity index (χ0v) is 18.7. The van der Waals surface area contributed by atoms with Gasteiger partial charge in [0.15, 0.2) is 11.5 Å². The third kappa shape index (κ3) is 3.55. The molecule has 5 rings (SSSR count). The minimum atomic E-state index is 0.0240. The number of H-pyrrole nitrogens is 1. The van der Waals surface area contributed by atoms with Gasteiger partial charge in [0.25, 0.3) is 0 Å². The lowest BCUT2D eigenvalue weighted by molar-refractivity contribution is 0.250. The number of rotatable bonds is 7. The summed E-state index contributed by atoms with van der Waals surface area (Å²) in [6, 6.07) is 9.87. The molecule has 1 aromatic carbocycles. The van der Waals surface area contributed by atoms with Crippen molar-refractivity contribution >= 4 is 22.1 Å². The number of imidazole rings is 1. The molecule has 32 heavy (non-hydrogen) atoms.